The SMILES string of the molecule is C1CC(CNC2CC2)C(C2CCOC3(CCOCC3)C2)C1. The minimum atomic E-state index is 0.179. The van der Waals surface area contributed by atoms with Crippen LogP contribution in [0.2, 0.25) is 0 Å². The lowest BCUT2D eigenvalue weighted by Gasteiger charge is -2.45. The third kappa shape index (κ3) is 3.30. The highest BCUT2D eigenvalue weighted by atomic mass is 16.5. The smallest absolute Gasteiger partial charge is 0.0729 e. The van der Waals surface area contributed by atoms with Gasteiger partial charge in [-0.3, -0.25) is 0 Å². The molecule has 4 fully saturated rings. The Morgan fingerprint density at radius 2 is 1.81 bits per heavy atom. The van der Waals surface area contributed by atoms with Gasteiger partial charge in [0.05, 0.1) is 5.60 Å². The molecule has 1 N–H and O–H groups in total. The summed E-state index contributed by atoms with van der Waals surface area (Å²) in [5.74, 6) is 2.80. The topological polar surface area (TPSA) is 30.5 Å². The highest BCUT2D eigenvalue weighted by Gasteiger charge is 2.44. The first-order chi connectivity index (χ1) is 10.3. The Morgan fingerprint density at radius 3 is 2.62 bits per heavy atom. The van der Waals surface area contributed by atoms with E-state index in [9.17, 15) is 0 Å². The molecule has 0 aromatic heterocycles. The van der Waals surface area contributed by atoms with Gasteiger partial charge in [-0.2, -0.15) is 0 Å². The fourth-order valence-corrected chi connectivity index (χ4v) is 5.07. The van der Waals surface area contributed by atoms with Crippen LogP contribution in [-0.4, -0.2) is 38.0 Å². The maximum Gasteiger partial charge on any atom is 0.0729 e. The van der Waals surface area contributed by atoms with E-state index in [4.69, 9.17) is 9.47 Å². The standard InChI is InChI=1S/C18H31NO2/c1-2-15(13-19-16-4-5-16)17(3-1)14-6-9-21-18(12-14)7-10-20-11-8-18/h14-17,19H,1-13H2. The molecule has 1 spiro atoms. The second-order valence-corrected chi connectivity index (χ2v) is 7.93. The van der Waals surface area contributed by atoms with Gasteiger partial charge in [-0.1, -0.05) is 6.42 Å². The van der Waals surface area contributed by atoms with E-state index >= 15 is 0 Å². The summed E-state index contributed by atoms with van der Waals surface area (Å²) in [7, 11) is 0. The number of ether oxygens (including phenoxy) is 2. The molecule has 3 nitrogen and oxygen atoms in total. The number of hydrogen-bond donors (Lipinski definition) is 1. The minimum Gasteiger partial charge on any atom is -0.381 e. The highest BCUT2D eigenvalue weighted by molar-refractivity contribution is 4.94. The molecule has 2 aliphatic carbocycles. The van der Waals surface area contributed by atoms with Crippen molar-refractivity contribution in [3.8, 4) is 0 Å². The first-order valence-electron chi connectivity index (χ1n) is 9.30. The van der Waals surface area contributed by atoms with Crippen molar-refractivity contribution in [2.75, 3.05) is 26.4 Å². The largest absolute Gasteiger partial charge is 0.381 e. The van der Waals surface area contributed by atoms with Crippen molar-refractivity contribution in [3.63, 3.8) is 0 Å². The van der Waals surface area contributed by atoms with Crippen LogP contribution in [0.1, 0.15) is 57.8 Å². The van der Waals surface area contributed by atoms with Crippen LogP contribution in [0.4, 0.5) is 0 Å². The lowest BCUT2D eigenvalue weighted by Crippen LogP contribution is -2.46. The van der Waals surface area contributed by atoms with E-state index in [0.717, 1.165) is 56.5 Å². The van der Waals surface area contributed by atoms with Gasteiger partial charge in [0.2, 0.25) is 0 Å². The molecule has 2 heterocycles. The summed E-state index contributed by atoms with van der Waals surface area (Å²) in [5.41, 5.74) is 0.179. The average Bonchev–Trinajstić information content (AvgIpc) is 3.22. The van der Waals surface area contributed by atoms with Gasteiger partial charge in [-0.25, -0.2) is 0 Å². The average molecular weight is 293 g/mol. The summed E-state index contributed by atoms with van der Waals surface area (Å²) in [5, 5.41) is 3.79. The summed E-state index contributed by atoms with van der Waals surface area (Å²) >= 11 is 0. The molecule has 0 aromatic rings. The third-order valence-corrected chi connectivity index (χ3v) is 6.50. The highest BCUT2D eigenvalue weighted by Crippen LogP contribution is 2.46. The van der Waals surface area contributed by atoms with Gasteiger partial charge in [0.15, 0.2) is 0 Å². The fourth-order valence-electron chi connectivity index (χ4n) is 5.07. The Hall–Kier alpha value is -0.120. The second-order valence-electron chi connectivity index (χ2n) is 7.93. The molecule has 4 rings (SSSR count). The van der Waals surface area contributed by atoms with E-state index in [1.165, 1.54) is 51.5 Å². The Morgan fingerprint density at radius 1 is 0.952 bits per heavy atom. The van der Waals surface area contributed by atoms with Crippen LogP contribution in [0.15, 0.2) is 0 Å². The lowest BCUT2D eigenvalue weighted by molar-refractivity contribution is -0.154. The molecule has 0 radical (unpaired) electrons. The molecule has 0 amide bonds. The predicted octanol–water partition coefficient (Wildman–Crippen LogP) is 3.13. The lowest BCUT2D eigenvalue weighted by atomic mass is 9.72. The van der Waals surface area contributed by atoms with E-state index in [1.54, 1.807) is 0 Å². The summed E-state index contributed by atoms with van der Waals surface area (Å²) in [6, 6.07) is 0.864. The normalized spacial score (nSPS) is 39.7. The van der Waals surface area contributed by atoms with Crippen molar-refractivity contribution in [1.82, 2.24) is 5.32 Å². The molecular weight excluding hydrogens is 262 g/mol. The quantitative estimate of drug-likeness (QED) is 0.864. The van der Waals surface area contributed by atoms with Crippen LogP contribution in [0.5, 0.6) is 0 Å². The zero-order chi connectivity index (χ0) is 14.1. The molecule has 2 aliphatic heterocycles. The van der Waals surface area contributed by atoms with Crippen LogP contribution in [0.25, 0.3) is 0 Å². The molecule has 0 bridgehead atoms. The Labute approximate surface area is 129 Å². The molecule has 3 unspecified atom stereocenters. The van der Waals surface area contributed by atoms with Crippen molar-refractivity contribution in [3.05, 3.63) is 0 Å². The predicted molar refractivity (Wildman–Crippen MR) is 83.3 cm³/mol. The zero-order valence-electron chi connectivity index (χ0n) is 13.3. The molecule has 3 atom stereocenters. The molecule has 3 heteroatoms. The Kier molecular flexibility index (Phi) is 4.25. The first-order valence-corrected chi connectivity index (χ1v) is 9.30. The van der Waals surface area contributed by atoms with Crippen molar-refractivity contribution in [2.45, 2.75) is 69.4 Å². The van der Waals surface area contributed by atoms with Gasteiger partial charge < -0.3 is 14.8 Å². The summed E-state index contributed by atoms with van der Waals surface area (Å²) in [6.45, 7) is 4.08. The van der Waals surface area contributed by atoms with E-state index < -0.39 is 0 Å². The van der Waals surface area contributed by atoms with Crippen molar-refractivity contribution in [1.29, 1.82) is 0 Å². The maximum absolute atomic E-state index is 6.24. The van der Waals surface area contributed by atoms with Crippen molar-refractivity contribution >= 4 is 0 Å². The summed E-state index contributed by atoms with van der Waals surface area (Å²) < 4.78 is 11.8. The Balaban J connectivity index is 1.37. The van der Waals surface area contributed by atoms with Gasteiger partial charge in [0, 0.05) is 25.9 Å². The monoisotopic (exact) mass is 293 g/mol. The van der Waals surface area contributed by atoms with Crippen molar-refractivity contribution in [2.24, 2.45) is 17.8 Å². The van der Waals surface area contributed by atoms with Gasteiger partial charge in [-0.15, -0.1) is 0 Å². The second kappa shape index (κ2) is 6.17. The number of nitrogens with one attached hydrogen (secondary N) is 1. The number of rotatable bonds is 4. The molecule has 4 aliphatic rings. The van der Waals surface area contributed by atoms with Crippen LogP contribution >= 0.6 is 0 Å². The summed E-state index contributed by atoms with van der Waals surface area (Å²) in [6.07, 6.45) is 12.1. The molecule has 120 valence electrons. The van der Waals surface area contributed by atoms with E-state index in [2.05, 4.69) is 5.32 Å². The summed E-state index contributed by atoms with van der Waals surface area (Å²) in [4.78, 5) is 0. The molecule has 21 heavy (non-hydrogen) atoms. The zero-order valence-corrected chi connectivity index (χ0v) is 13.3. The molecular formula is C18H31NO2. The Bertz CT molecular complexity index is 344. The van der Waals surface area contributed by atoms with Crippen LogP contribution in [0, 0.1) is 17.8 Å². The van der Waals surface area contributed by atoms with E-state index in [1.807, 2.05) is 0 Å². The van der Waals surface area contributed by atoms with Crippen LogP contribution in [0.3, 0.4) is 0 Å². The fraction of sp³-hybridized carbons (Fsp3) is 1.00. The van der Waals surface area contributed by atoms with Crippen LogP contribution < -0.4 is 5.32 Å². The molecule has 2 saturated carbocycles. The van der Waals surface area contributed by atoms with Crippen LogP contribution in [-0.2, 0) is 9.47 Å². The molecule has 2 saturated heterocycles. The number of hydrogen-bond acceptors (Lipinski definition) is 3. The van der Waals surface area contributed by atoms with Gasteiger partial charge in [-0.05, 0) is 75.7 Å². The van der Waals surface area contributed by atoms with E-state index in [-0.39, 0.29) is 5.60 Å². The van der Waals surface area contributed by atoms with Gasteiger partial charge in [0.25, 0.3) is 0 Å². The minimum absolute atomic E-state index is 0.179. The molecule has 0 aromatic carbocycles. The van der Waals surface area contributed by atoms with Gasteiger partial charge >= 0.3 is 0 Å². The van der Waals surface area contributed by atoms with E-state index in [0.29, 0.717) is 0 Å². The first kappa shape index (κ1) is 14.5. The van der Waals surface area contributed by atoms with Gasteiger partial charge in [0.1, 0.15) is 0 Å². The maximum atomic E-state index is 6.24. The van der Waals surface area contributed by atoms with Crippen molar-refractivity contribution < 1.29 is 9.47 Å². The third-order valence-electron chi connectivity index (χ3n) is 6.50.